The third kappa shape index (κ3) is 4.36. The van der Waals surface area contributed by atoms with Gasteiger partial charge in [-0.05, 0) is 61.4 Å². The lowest BCUT2D eigenvalue weighted by Gasteiger charge is -2.11. The average Bonchev–Trinajstić information content (AvgIpc) is 2.49. The van der Waals surface area contributed by atoms with Crippen molar-refractivity contribution in [3.63, 3.8) is 0 Å². The molecule has 2 rings (SSSR count). The Balaban J connectivity index is 1.83. The molecule has 3 nitrogen and oxygen atoms in total. The summed E-state index contributed by atoms with van der Waals surface area (Å²) in [6, 6.07) is 11.2. The molecule has 0 aliphatic heterocycles. The fourth-order valence-electron chi connectivity index (χ4n) is 2.02. The van der Waals surface area contributed by atoms with Gasteiger partial charge in [-0.25, -0.2) is 0 Å². The number of thiocarbonyl (C=S) groups is 1. The fourth-order valence-corrected chi connectivity index (χ4v) is 2.27. The monoisotopic (exact) mass is 335 g/mol. The molecule has 0 spiro atoms. The third-order valence-corrected chi connectivity index (χ3v) is 4.00. The summed E-state index contributed by atoms with van der Waals surface area (Å²) in [5.74, 6) is 1.55. The Bertz CT molecular complexity index is 648. The van der Waals surface area contributed by atoms with Crippen molar-refractivity contribution in [2.75, 3.05) is 13.2 Å². The summed E-state index contributed by atoms with van der Waals surface area (Å²) in [5, 5.41) is 0.779. The van der Waals surface area contributed by atoms with Crippen molar-refractivity contribution in [3.8, 4) is 11.5 Å². The summed E-state index contributed by atoms with van der Waals surface area (Å²) in [6.45, 7) is 4.83. The van der Waals surface area contributed by atoms with Crippen molar-refractivity contribution in [2.45, 2.75) is 13.8 Å². The van der Waals surface area contributed by atoms with Crippen LogP contribution in [0.15, 0.2) is 36.4 Å². The minimum Gasteiger partial charge on any atom is -0.490 e. The van der Waals surface area contributed by atoms with Gasteiger partial charge in [0.1, 0.15) is 29.7 Å². The second-order valence-corrected chi connectivity index (χ2v) is 5.77. The fraction of sp³-hybridized carbons (Fsp3) is 0.235. The molecule has 0 saturated carbocycles. The zero-order chi connectivity index (χ0) is 16.1. The van der Waals surface area contributed by atoms with Gasteiger partial charge in [0.15, 0.2) is 0 Å². The SMILES string of the molecule is Cc1cc(OCCOc2ccc(C(N)=S)cc2)cc(C)c1Cl. The molecule has 2 aromatic rings. The molecular formula is C17H18ClNO2S. The Morgan fingerprint density at radius 1 is 1.00 bits per heavy atom. The van der Waals surface area contributed by atoms with Crippen molar-refractivity contribution < 1.29 is 9.47 Å². The first-order chi connectivity index (χ1) is 10.5. The van der Waals surface area contributed by atoms with E-state index >= 15 is 0 Å². The molecule has 0 aliphatic carbocycles. The van der Waals surface area contributed by atoms with Crippen LogP contribution in [0.3, 0.4) is 0 Å². The van der Waals surface area contributed by atoms with Crippen LogP contribution in [0.4, 0.5) is 0 Å². The lowest BCUT2D eigenvalue weighted by molar-refractivity contribution is 0.217. The Labute approximate surface area is 141 Å². The van der Waals surface area contributed by atoms with Gasteiger partial charge < -0.3 is 15.2 Å². The Kier molecular flexibility index (Phi) is 5.63. The van der Waals surface area contributed by atoms with E-state index in [2.05, 4.69) is 0 Å². The van der Waals surface area contributed by atoms with Crippen LogP contribution in [0.25, 0.3) is 0 Å². The van der Waals surface area contributed by atoms with Gasteiger partial charge >= 0.3 is 0 Å². The van der Waals surface area contributed by atoms with Crippen molar-refractivity contribution >= 4 is 28.8 Å². The van der Waals surface area contributed by atoms with E-state index in [1.807, 2.05) is 50.2 Å². The molecule has 2 N–H and O–H groups in total. The van der Waals surface area contributed by atoms with Gasteiger partial charge in [-0.3, -0.25) is 0 Å². The standard InChI is InChI=1S/C17H18ClNO2S/c1-11-9-15(10-12(2)16(11)18)21-8-7-20-14-5-3-13(4-6-14)17(19)22/h3-6,9-10H,7-8H2,1-2H3,(H2,19,22). The molecule has 2 aromatic carbocycles. The second-order valence-electron chi connectivity index (χ2n) is 4.96. The highest BCUT2D eigenvalue weighted by Crippen LogP contribution is 2.25. The highest BCUT2D eigenvalue weighted by Gasteiger charge is 2.04. The normalized spacial score (nSPS) is 10.3. The highest BCUT2D eigenvalue weighted by atomic mass is 35.5. The van der Waals surface area contributed by atoms with Crippen molar-refractivity contribution in [1.82, 2.24) is 0 Å². The molecule has 5 heteroatoms. The maximum atomic E-state index is 6.13. The summed E-state index contributed by atoms with van der Waals surface area (Å²) in [6.07, 6.45) is 0. The lowest BCUT2D eigenvalue weighted by atomic mass is 10.1. The summed E-state index contributed by atoms with van der Waals surface area (Å²) < 4.78 is 11.3. The largest absolute Gasteiger partial charge is 0.490 e. The van der Waals surface area contributed by atoms with Gasteiger partial charge in [0, 0.05) is 10.6 Å². The van der Waals surface area contributed by atoms with Gasteiger partial charge in [-0.15, -0.1) is 0 Å². The number of hydrogen-bond acceptors (Lipinski definition) is 3. The first kappa shape index (κ1) is 16.6. The zero-order valence-electron chi connectivity index (χ0n) is 12.6. The molecule has 0 heterocycles. The van der Waals surface area contributed by atoms with Crippen LogP contribution in [0.1, 0.15) is 16.7 Å². The molecule has 0 radical (unpaired) electrons. The Morgan fingerprint density at radius 2 is 1.50 bits per heavy atom. The van der Waals surface area contributed by atoms with Gasteiger partial charge in [0.2, 0.25) is 0 Å². The molecular weight excluding hydrogens is 318 g/mol. The topological polar surface area (TPSA) is 44.5 Å². The Morgan fingerprint density at radius 3 is 2.00 bits per heavy atom. The molecule has 0 aromatic heterocycles. The van der Waals surface area contributed by atoms with E-state index in [1.54, 1.807) is 0 Å². The zero-order valence-corrected chi connectivity index (χ0v) is 14.1. The minimum absolute atomic E-state index is 0.378. The van der Waals surface area contributed by atoms with Crippen LogP contribution >= 0.6 is 23.8 Å². The van der Waals surface area contributed by atoms with E-state index in [-0.39, 0.29) is 0 Å². The number of benzene rings is 2. The quantitative estimate of drug-likeness (QED) is 0.639. The van der Waals surface area contributed by atoms with Crippen LogP contribution in [-0.4, -0.2) is 18.2 Å². The summed E-state index contributed by atoms with van der Waals surface area (Å²) in [7, 11) is 0. The molecule has 0 atom stereocenters. The number of hydrogen-bond donors (Lipinski definition) is 1. The minimum atomic E-state index is 0.378. The van der Waals surface area contributed by atoms with E-state index in [9.17, 15) is 0 Å². The van der Waals surface area contributed by atoms with Gasteiger partial charge in [0.25, 0.3) is 0 Å². The maximum Gasteiger partial charge on any atom is 0.122 e. The van der Waals surface area contributed by atoms with Crippen molar-refractivity contribution in [1.29, 1.82) is 0 Å². The first-order valence-electron chi connectivity index (χ1n) is 6.89. The predicted octanol–water partition coefficient (Wildman–Crippen LogP) is 4.05. The number of nitrogens with two attached hydrogens (primary N) is 1. The first-order valence-corrected chi connectivity index (χ1v) is 7.68. The van der Waals surface area contributed by atoms with Gasteiger partial charge in [-0.2, -0.15) is 0 Å². The third-order valence-electron chi connectivity index (χ3n) is 3.17. The molecule has 22 heavy (non-hydrogen) atoms. The van der Waals surface area contributed by atoms with Gasteiger partial charge in [0.05, 0.1) is 0 Å². The van der Waals surface area contributed by atoms with Crippen LogP contribution in [0.2, 0.25) is 5.02 Å². The number of rotatable bonds is 6. The second kappa shape index (κ2) is 7.47. The molecule has 116 valence electrons. The smallest absolute Gasteiger partial charge is 0.122 e. The molecule has 0 amide bonds. The number of halogens is 1. The summed E-state index contributed by atoms with van der Waals surface area (Å²) in [5.41, 5.74) is 8.38. The highest BCUT2D eigenvalue weighted by molar-refractivity contribution is 7.80. The van der Waals surface area contributed by atoms with Crippen LogP contribution in [0.5, 0.6) is 11.5 Å². The average molecular weight is 336 g/mol. The van der Waals surface area contributed by atoms with E-state index in [0.717, 1.165) is 33.2 Å². The van der Waals surface area contributed by atoms with E-state index < -0.39 is 0 Å². The van der Waals surface area contributed by atoms with Crippen LogP contribution in [-0.2, 0) is 0 Å². The molecule has 0 fully saturated rings. The van der Waals surface area contributed by atoms with Crippen LogP contribution < -0.4 is 15.2 Å². The van der Waals surface area contributed by atoms with E-state index in [1.165, 1.54) is 0 Å². The number of aryl methyl sites for hydroxylation is 2. The predicted molar refractivity (Wildman–Crippen MR) is 94.2 cm³/mol. The number of ether oxygens (including phenoxy) is 2. The van der Waals surface area contributed by atoms with Gasteiger partial charge in [-0.1, -0.05) is 23.8 Å². The van der Waals surface area contributed by atoms with Crippen molar-refractivity contribution in [2.24, 2.45) is 5.73 Å². The molecule has 0 bridgehead atoms. The van der Waals surface area contributed by atoms with Crippen LogP contribution in [0, 0.1) is 13.8 Å². The maximum absolute atomic E-state index is 6.13. The molecule has 0 saturated heterocycles. The summed E-state index contributed by atoms with van der Waals surface area (Å²) >= 11 is 11.0. The van der Waals surface area contributed by atoms with E-state index in [4.69, 9.17) is 39.0 Å². The molecule has 0 unspecified atom stereocenters. The lowest BCUT2D eigenvalue weighted by Crippen LogP contribution is -2.10. The van der Waals surface area contributed by atoms with E-state index in [0.29, 0.717) is 18.2 Å². The molecule has 0 aliphatic rings. The van der Waals surface area contributed by atoms with Crippen molar-refractivity contribution in [3.05, 3.63) is 58.1 Å². The Hall–Kier alpha value is -1.78. The summed E-state index contributed by atoms with van der Waals surface area (Å²) in [4.78, 5) is 0.378.